The Hall–Kier alpha value is -0.960. The number of benzene rings is 1. The quantitative estimate of drug-likeness (QED) is 0.872. The molecule has 0 radical (unpaired) electrons. The van der Waals surface area contributed by atoms with Gasteiger partial charge in [-0.25, -0.2) is 8.78 Å². The molecule has 0 bridgehead atoms. The van der Waals surface area contributed by atoms with Crippen LogP contribution in [0.25, 0.3) is 0 Å². The number of aliphatic hydroxyl groups is 1. The predicted octanol–water partition coefficient (Wildman–Crippen LogP) is 3.69. The van der Waals surface area contributed by atoms with Crippen molar-refractivity contribution in [2.24, 2.45) is 11.8 Å². The van der Waals surface area contributed by atoms with Crippen molar-refractivity contribution in [1.82, 2.24) is 0 Å². The normalized spacial score (nSPS) is 26.0. The monoisotopic (exact) mass is 254 g/mol. The molecule has 1 unspecified atom stereocenters. The van der Waals surface area contributed by atoms with Gasteiger partial charge in [0.1, 0.15) is 0 Å². The van der Waals surface area contributed by atoms with Gasteiger partial charge in [-0.1, -0.05) is 25.8 Å². The summed E-state index contributed by atoms with van der Waals surface area (Å²) in [4.78, 5) is 0. The van der Waals surface area contributed by atoms with E-state index in [9.17, 15) is 13.9 Å². The summed E-state index contributed by atoms with van der Waals surface area (Å²) in [6, 6.07) is 3.86. The van der Waals surface area contributed by atoms with Gasteiger partial charge in [0.15, 0.2) is 11.6 Å². The number of rotatable bonds is 3. The molecule has 1 aromatic carbocycles. The highest BCUT2D eigenvalue weighted by molar-refractivity contribution is 5.18. The SMILES string of the molecule is CC1CCC(C(O)Cc2ccc(F)c(F)c2)CC1. The minimum Gasteiger partial charge on any atom is -0.392 e. The molecule has 0 spiro atoms. The predicted molar refractivity (Wildman–Crippen MR) is 67.2 cm³/mol. The van der Waals surface area contributed by atoms with Gasteiger partial charge < -0.3 is 5.11 Å². The first-order valence-electron chi connectivity index (χ1n) is 6.68. The van der Waals surface area contributed by atoms with Crippen LogP contribution in [0.15, 0.2) is 18.2 Å². The van der Waals surface area contributed by atoms with E-state index in [1.54, 1.807) is 6.07 Å². The minimum absolute atomic E-state index is 0.300. The minimum atomic E-state index is -0.836. The second-order valence-electron chi connectivity index (χ2n) is 5.54. The maximum atomic E-state index is 13.1. The van der Waals surface area contributed by atoms with E-state index < -0.39 is 17.7 Å². The van der Waals surface area contributed by atoms with Gasteiger partial charge in [0.25, 0.3) is 0 Å². The molecule has 3 heteroatoms. The highest BCUT2D eigenvalue weighted by atomic mass is 19.2. The van der Waals surface area contributed by atoms with Crippen LogP contribution < -0.4 is 0 Å². The van der Waals surface area contributed by atoms with Gasteiger partial charge in [-0.3, -0.25) is 0 Å². The fraction of sp³-hybridized carbons (Fsp3) is 0.600. The van der Waals surface area contributed by atoms with E-state index in [2.05, 4.69) is 6.92 Å². The van der Waals surface area contributed by atoms with Crippen molar-refractivity contribution >= 4 is 0 Å². The summed E-state index contributed by atoms with van der Waals surface area (Å²) in [6.45, 7) is 2.23. The first-order valence-corrected chi connectivity index (χ1v) is 6.68. The van der Waals surface area contributed by atoms with Gasteiger partial charge in [0.2, 0.25) is 0 Å². The van der Waals surface area contributed by atoms with E-state index >= 15 is 0 Å². The molecule has 0 saturated heterocycles. The van der Waals surface area contributed by atoms with Gasteiger partial charge in [-0.05, 0) is 48.8 Å². The summed E-state index contributed by atoms with van der Waals surface area (Å²) in [6.07, 6.45) is 4.34. The molecule has 1 nitrogen and oxygen atoms in total. The van der Waals surface area contributed by atoms with Crippen molar-refractivity contribution in [2.45, 2.75) is 45.1 Å². The Labute approximate surface area is 107 Å². The molecule has 2 rings (SSSR count). The van der Waals surface area contributed by atoms with Crippen LogP contribution in [-0.4, -0.2) is 11.2 Å². The lowest BCUT2D eigenvalue weighted by Crippen LogP contribution is -2.26. The molecular weight excluding hydrogens is 234 g/mol. The van der Waals surface area contributed by atoms with Crippen LogP contribution in [0.5, 0.6) is 0 Å². The standard InChI is InChI=1S/C15H20F2O/c1-10-2-5-12(6-3-10)15(18)9-11-4-7-13(16)14(17)8-11/h4,7-8,10,12,15,18H,2-3,5-6,9H2,1H3. The average Bonchev–Trinajstić information content (AvgIpc) is 2.34. The summed E-state index contributed by atoms with van der Waals surface area (Å²) >= 11 is 0. The van der Waals surface area contributed by atoms with Crippen LogP contribution in [0.2, 0.25) is 0 Å². The van der Waals surface area contributed by atoms with E-state index in [-0.39, 0.29) is 0 Å². The molecule has 0 aliphatic heterocycles. The van der Waals surface area contributed by atoms with Gasteiger partial charge >= 0.3 is 0 Å². The summed E-state index contributed by atoms with van der Waals surface area (Å²) < 4.78 is 25.9. The zero-order chi connectivity index (χ0) is 13.1. The topological polar surface area (TPSA) is 20.2 Å². The second kappa shape index (κ2) is 5.79. The first-order chi connectivity index (χ1) is 8.56. The van der Waals surface area contributed by atoms with Crippen molar-refractivity contribution in [3.63, 3.8) is 0 Å². The lowest BCUT2D eigenvalue weighted by atomic mass is 9.79. The second-order valence-corrected chi connectivity index (χ2v) is 5.54. The van der Waals surface area contributed by atoms with Crippen LogP contribution in [0.1, 0.15) is 38.2 Å². The molecule has 0 amide bonds. The average molecular weight is 254 g/mol. The van der Waals surface area contributed by atoms with Crippen LogP contribution in [0.3, 0.4) is 0 Å². The van der Waals surface area contributed by atoms with Gasteiger partial charge in [-0.2, -0.15) is 0 Å². The molecule has 1 saturated carbocycles. The smallest absolute Gasteiger partial charge is 0.159 e. The summed E-state index contributed by atoms with van der Waals surface area (Å²) in [5.74, 6) is -0.622. The van der Waals surface area contributed by atoms with Gasteiger partial charge in [0, 0.05) is 0 Å². The Morgan fingerprint density at radius 3 is 2.44 bits per heavy atom. The lowest BCUT2D eigenvalue weighted by Gasteiger charge is -2.29. The Morgan fingerprint density at radius 2 is 1.83 bits per heavy atom. The zero-order valence-corrected chi connectivity index (χ0v) is 10.7. The highest BCUT2D eigenvalue weighted by Crippen LogP contribution is 2.31. The molecule has 1 N–H and O–H groups in total. The third-order valence-corrected chi connectivity index (χ3v) is 4.03. The van der Waals surface area contributed by atoms with E-state index in [4.69, 9.17) is 0 Å². The molecular formula is C15H20F2O. The van der Waals surface area contributed by atoms with Crippen molar-refractivity contribution < 1.29 is 13.9 Å². The first kappa shape index (κ1) is 13.5. The fourth-order valence-electron chi connectivity index (χ4n) is 2.75. The highest BCUT2D eigenvalue weighted by Gasteiger charge is 2.24. The third kappa shape index (κ3) is 3.29. The number of hydrogen-bond donors (Lipinski definition) is 1. The molecule has 1 fully saturated rings. The van der Waals surface area contributed by atoms with Crippen LogP contribution in [0, 0.1) is 23.5 Å². The van der Waals surface area contributed by atoms with Gasteiger partial charge in [0.05, 0.1) is 6.10 Å². The molecule has 100 valence electrons. The number of hydrogen-bond acceptors (Lipinski definition) is 1. The Morgan fingerprint density at radius 1 is 1.17 bits per heavy atom. The van der Waals surface area contributed by atoms with Crippen molar-refractivity contribution in [3.8, 4) is 0 Å². The molecule has 1 aliphatic carbocycles. The maximum absolute atomic E-state index is 13.1. The van der Waals surface area contributed by atoms with Crippen molar-refractivity contribution in [3.05, 3.63) is 35.4 Å². The van der Waals surface area contributed by atoms with Crippen molar-refractivity contribution in [2.75, 3.05) is 0 Å². The fourth-order valence-corrected chi connectivity index (χ4v) is 2.75. The molecule has 0 aromatic heterocycles. The van der Waals surface area contributed by atoms with E-state index in [0.717, 1.165) is 37.7 Å². The lowest BCUT2D eigenvalue weighted by molar-refractivity contribution is 0.0760. The molecule has 0 heterocycles. The molecule has 18 heavy (non-hydrogen) atoms. The van der Waals surface area contributed by atoms with E-state index in [1.165, 1.54) is 6.07 Å². The summed E-state index contributed by atoms with van der Waals surface area (Å²) in [5.41, 5.74) is 0.667. The molecule has 1 aliphatic rings. The van der Waals surface area contributed by atoms with Crippen molar-refractivity contribution in [1.29, 1.82) is 0 Å². The molecule has 1 aromatic rings. The number of halogens is 2. The maximum Gasteiger partial charge on any atom is 0.159 e. The summed E-state index contributed by atoms with van der Waals surface area (Å²) in [5, 5.41) is 10.2. The Balaban J connectivity index is 1.94. The van der Waals surface area contributed by atoms with Crippen LogP contribution in [-0.2, 0) is 6.42 Å². The zero-order valence-electron chi connectivity index (χ0n) is 10.7. The van der Waals surface area contributed by atoms with Crippen LogP contribution in [0.4, 0.5) is 8.78 Å². The largest absolute Gasteiger partial charge is 0.392 e. The van der Waals surface area contributed by atoms with E-state index in [1.807, 2.05) is 0 Å². The Bertz CT molecular complexity index is 397. The third-order valence-electron chi connectivity index (χ3n) is 4.03. The Kier molecular flexibility index (Phi) is 4.33. The van der Waals surface area contributed by atoms with E-state index in [0.29, 0.717) is 17.9 Å². The number of aliphatic hydroxyl groups excluding tert-OH is 1. The van der Waals surface area contributed by atoms with Gasteiger partial charge in [-0.15, -0.1) is 0 Å². The summed E-state index contributed by atoms with van der Waals surface area (Å²) in [7, 11) is 0. The van der Waals surface area contributed by atoms with Crippen LogP contribution >= 0.6 is 0 Å². The molecule has 1 atom stereocenters.